The van der Waals surface area contributed by atoms with Crippen molar-refractivity contribution < 1.29 is 28.9 Å². The Morgan fingerprint density at radius 3 is 2.29 bits per heavy atom. The Labute approximate surface area is 198 Å². The minimum Gasteiger partial charge on any atom is -0.486 e. The minimum atomic E-state index is -0.924. The molecule has 1 amide bonds. The Bertz CT molecular complexity index is 1260. The second-order valence-corrected chi connectivity index (χ2v) is 7.50. The third-order valence-corrected chi connectivity index (χ3v) is 5.33. The van der Waals surface area contributed by atoms with E-state index in [1.165, 1.54) is 18.2 Å². The standard InChI is InChI=1S/C22H19N5O8/c23-13-15(9-14-1-2-17(19(10-14)27(31)32)25-3-5-33-6-4-25)22(28)24-16-11-20-21(35-8-7-34-20)12-18(16)26(29)30/h1-2,9-12H,3-8H2,(H,24,28)/b15-9+. The van der Waals surface area contributed by atoms with Crippen molar-refractivity contribution in [3.63, 3.8) is 0 Å². The lowest BCUT2D eigenvalue weighted by Crippen LogP contribution is -2.36. The van der Waals surface area contributed by atoms with Crippen molar-refractivity contribution in [1.82, 2.24) is 0 Å². The van der Waals surface area contributed by atoms with Crippen LogP contribution in [0.5, 0.6) is 11.5 Å². The summed E-state index contributed by atoms with van der Waals surface area (Å²) < 4.78 is 16.0. The first-order valence-corrected chi connectivity index (χ1v) is 10.5. The number of morpholine rings is 1. The molecule has 2 aliphatic rings. The number of carbonyl (C=O) groups excluding carboxylic acids is 1. The monoisotopic (exact) mass is 481 g/mol. The fourth-order valence-corrected chi connectivity index (χ4v) is 3.68. The molecule has 0 bridgehead atoms. The van der Waals surface area contributed by atoms with Crippen molar-refractivity contribution in [2.24, 2.45) is 0 Å². The molecule has 2 aromatic rings. The maximum Gasteiger partial charge on any atom is 0.296 e. The topological polar surface area (TPSA) is 170 Å². The van der Waals surface area contributed by atoms with Crippen LogP contribution in [0.15, 0.2) is 35.9 Å². The fourth-order valence-electron chi connectivity index (χ4n) is 3.68. The van der Waals surface area contributed by atoms with Gasteiger partial charge >= 0.3 is 0 Å². The van der Waals surface area contributed by atoms with Gasteiger partial charge in [-0.25, -0.2) is 0 Å². The lowest BCUT2D eigenvalue weighted by atomic mass is 10.1. The number of hydrogen-bond donors (Lipinski definition) is 1. The zero-order chi connectivity index (χ0) is 24.9. The third kappa shape index (κ3) is 5.12. The predicted molar refractivity (Wildman–Crippen MR) is 122 cm³/mol. The van der Waals surface area contributed by atoms with Crippen LogP contribution in [0.2, 0.25) is 0 Å². The van der Waals surface area contributed by atoms with Crippen LogP contribution in [0.1, 0.15) is 5.56 Å². The molecule has 0 unspecified atom stereocenters. The average Bonchev–Trinajstić information content (AvgIpc) is 2.87. The van der Waals surface area contributed by atoms with E-state index in [1.54, 1.807) is 18.2 Å². The lowest BCUT2D eigenvalue weighted by Gasteiger charge is -2.28. The van der Waals surface area contributed by atoms with Crippen molar-refractivity contribution >= 4 is 34.7 Å². The smallest absolute Gasteiger partial charge is 0.296 e. The van der Waals surface area contributed by atoms with E-state index in [9.17, 15) is 30.3 Å². The number of nitrogens with one attached hydrogen (secondary N) is 1. The van der Waals surface area contributed by atoms with E-state index in [4.69, 9.17) is 14.2 Å². The van der Waals surface area contributed by atoms with Gasteiger partial charge in [0.15, 0.2) is 11.5 Å². The molecule has 0 radical (unpaired) electrons. The molecule has 2 heterocycles. The molecule has 0 spiro atoms. The van der Waals surface area contributed by atoms with Crippen LogP contribution in [0, 0.1) is 31.6 Å². The van der Waals surface area contributed by atoms with Crippen LogP contribution in [-0.2, 0) is 9.53 Å². The molecule has 0 aliphatic carbocycles. The van der Waals surface area contributed by atoms with Crippen LogP contribution in [0.4, 0.5) is 22.7 Å². The summed E-state index contributed by atoms with van der Waals surface area (Å²) in [6, 6.07) is 8.48. The quantitative estimate of drug-likeness (QED) is 0.280. The number of benzene rings is 2. The van der Waals surface area contributed by atoms with Gasteiger partial charge in [0.2, 0.25) is 0 Å². The van der Waals surface area contributed by atoms with Crippen LogP contribution < -0.4 is 19.7 Å². The molecule has 180 valence electrons. The number of amides is 1. The summed E-state index contributed by atoms with van der Waals surface area (Å²) in [6.07, 6.45) is 1.18. The van der Waals surface area contributed by atoms with Crippen LogP contribution in [0.25, 0.3) is 6.08 Å². The summed E-state index contributed by atoms with van der Waals surface area (Å²) in [4.78, 5) is 36.5. The normalized spacial score (nSPS) is 15.2. The molecule has 2 aromatic carbocycles. The molecule has 13 heteroatoms. The number of nitrogens with zero attached hydrogens (tertiary/aromatic N) is 4. The van der Waals surface area contributed by atoms with Crippen LogP contribution in [0.3, 0.4) is 0 Å². The number of rotatable bonds is 6. The number of ether oxygens (including phenoxy) is 3. The number of anilines is 2. The molecular weight excluding hydrogens is 462 g/mol. The molecule has 0 atom stereocenters. The third-order valence-electron chi connectivity index (χ3n) is 5.33. The highest BCUT2D eigenvalue weighted by atomic mass is 16.6. The lowest BCUT2D eigenvalue weighted by molar-refractivity contribution is -0.384. The first-order chi connectivity index (χ1) is 16.9. The second kappa shape index (κ2) is 10.1. The van der Waals surface area contributed by atoms with Crippen molar-refractivity contribution in [3.8, 4) is 17.6 Å². The maximum atomic E-state index is 12.8. The van der Waals surface area contributed by atoms with E-state index in [-0.39, 0.29) is 41.7 Å². The van der Waals surface area contributed by atoms with Gasteiger partial charge < -0.3 is 24.4 Å². The fraction of sp³-hybridized carbons (Fsp3) is 0.273. The number of fused-ring (bicyclic) bond motifs is 1. The van der Waals surface area contributed by atoms with Crippen molar-refractivity contribution in [3.05, 3.63) is 61.7 Å². The molecule has 2 aliphatic heterocycles. The highest BCUT2D eigenvalue weighted by Gasteiger charge is 2.25. The Morgan fingerprint density at radius 2 is 1.66 bits per heavy atom. The average molecular weight is 481 g/mol. The highest BCUT2D eigenvalue weighted by Crippen LogP contribution is 2.39. The zero-order valence-corrected chi connectivity index (χ0v) is 18.3. The first-order valence-electron chi connectivity index (χ1n) is 10.5. The Balaban J connectivity index is 1.62. The Hall–Kier alpha value is -4.70. The van der Waals surface area contributed by atoms with Gasteiger partial charge in [-0.15, -0.1) is 0 Å². The SMILES string of the molecule is N#C/C(=C\c1ccc(N2CCOCC2)c([N+](=O)[O-])c1)C(=O)Nc1cc2c(cc1[N+](=O)[O-])OCCO2. The van der Waals surface area contributed by atoms with Gasteiger partial charge in [-0.05, 0) is 17.7 Å². The van der Waals surface area contributed by atoms with E-state index >= 15 is 0 Å². The van der Waals surface area contributed by atoms with Gasteiger partial charge in [-0.1, -0.05) is 6.07 Å². The van der Waals surface area contributed by atoms with E-state index in [0.29, 0.717) is 32.0 Å². The number of carbonyl (C=O) groups is 1. The first kappa shape index (κ1) is 23.5. The summed E-state index contributed by atoms with van der Waals surface area (Å²) in [5.41, 5.74) is -0.546. The summed E-state index contributed by atoms with van der Waals surface area (Å²) in [7, 11) is 0. The number of hydrogen-bond acceptors (Lipinski definition) is 10. The van der Waals surface area contributed by atoms with Crippen molar-refractivity contribution in [2.75, 3.05) is 49.7 Å². The zero-order valence-electron chi connectivity index (χ0n) is 18.3. The van der Waals surface area contributed by atoms with Gasteiger partial charge in [0, 0.05) is 25.2 Å². The van der Waals surface area contributed by atoms with Crippen LogP contribution in [-0.4, -0.2) is 55.3 Å². The summed E-state index contributed by atoms with van der Waals surface area (Å²) >= 11 is 0. The number of nitro benzene ring substituents is 2. The summed E-state index contributed by atoms with van der Waals surface area (Å²) in [5.74, 6) is -0.536. The Kier molecular flexibility index (Phi) is 6.74. The largest absolute Gasteiger partial charge is 0.486 e. The van der Waals surface area contributed by atoms with E-state index in [1.807, 2.05) is 4.90 Å². The molecular formula is C22H19N5O8. The molecule has 13 nitrogen and oxygen atoms in total. The van der Waals surface area contributed by atoms with Crippen molar-refractivity contribution in [2.45, 2.75) is 0 Å². The van der Waals surface area contributed by atoms with E-state index in [2.05, 4.69) is 5.32 Å². The number of nitro groups is 2. The maximum absolute atomic E-state index is 12.8. The molecule has 1 fully saturated rings. The van der Waals surface area contributed by atoms with Gasteiger partial charge in [-0.2, -0.15) is 5.26 Å². The Morgan fingerprint density at radius 1 is 1.00 bits per heavy atom. The van der Waals surface area contributed by atoms with Gasteiger partial charge in [0.25, 0.3) is 17.3 Å². The van der Waals surface area contributed by atoms with Crippen LogP contribution >= 0.6 is 0 Å². The second-order valence-electron chi connectivity index (χ2n) is 7.50. The van der Waals surface area contributed by atoms with Gasteiger partial charge in [0.05, 0.1) is 29.1 Å². The van der Waals surface area contributed by atoms with E-state index in [0.717, 1.165) is 6.07 Å². The number of nitriles is 1. The van der Waals surface area contributed by atoms with Gasteiger partial charge in [0.1, 0.15) is 36.2 Å². The summed E-state index contributed by atoms with van der Waals surface area (Å²) in [6.45, 7) is 2.36. The molecule has 1 N–H and O–H groups in total. The molecule has 0 aromatic heterocycles. The molecule has 0 saturated carbocycles. The van der Waals surface area contributed by atoms with E-state index < -0.39 is 27.0 Å². The molecule has 35 heavy (non-hydrogen) atoms. The molecule has 4 rings (SSSR count). The minimum absolute atomic E-state index is 0.171. The van der Waals surface area contributed by atoms with Gasteiger partial charge in [-0.3, -0.25) is 25.0 Å². The predicted octanol–water partition coefficient (Wildman–Crippen LogP) is 2.66. The van der Waals surface area contributed by atoms with Crippen molar-refractivity contribution in [1.29, 1.82) is 5.26 Å². The highest BCUT2D eigenvalue weighted by molar-refractivity contribution is 6.10. The molecule has 1 saturated heterocycles. The summed E-state index contributed by atoms with van der Waals surface area (Å²) in [5, 5.41) is 35.0.